The van der Waals surface area contributed by atoms with Gasteiger partial charge in [-0.05, 0) is 58.2 Å². The molecule has 5 nitrogen and oxygen atoms in total. The molecule has 3 amide bonds. The SMILES string of the molecule is CC(C)(C)NC(=O)NC(=O)CN1CCCC1Cc1ccccc1Cl. The molecule has 0 aliphatic carbocycles. The number of hydrogen-bond acceptors (Lipinski definition) is 3. The van der Waals surface area contributed by atoms with E-state index in [9.17, 15) is 9.59 Å². The monoisotopic (exact) mass is 351 g/mol. The fourth-order valence-corrected chi connectivity index (χ4v) is 3.19. The van der Waals surface area contributed by atoms with E-state index < -0.39 is 6.03 Å². The molecule has 6 heteroatoms. The summed E-state index contributed by atoms with van der Waals surface area (Å²) in [7, 11) is 0. The van der Waals surface area contributed by atoms with Crippen molar-refractivity contribution in [3.05, 3.63) is 34.9 Å². The molecular formula is C18H26ClN3O2. The van der Waals surface area contributed by atoms with E-state index in [-0.39, 0.29) is 24.0 Å². The van der Waals surface area contributed by atoms with Gasteiger partial charge in [-0.15, -0.1) is 0 Å². The van der Waals surface area contributed by atoms with Crippen LogP contribution >= 0.6 is 11.6 Å². The molecular weight excluding hydrogens is 326 g/mol. The highest BCUT2D eigenvalue weighted by Crippen LogP contribution is 2.24. The van der Waals surface area contributed by atoms with Gasteiger partial charge in [0, 0.05) is 16.6 Å². The summed E-state index contributed by atoms with van der Waals surface area (Å²) < 4.78 is 0. The van der Waals surface area contributed by atoms with Crippen molar-refractivity contribution in [1.29, 1.82) is 0 Å². The summed E-state index contributed by atoms with van der Waals surface area (Å²) >= 11 is 6.24. The lowest BCUT2D eigenvalue weighted by atomic mass is 10.0. The number of nitrogens with one attached hydrogen (secondary N) is 2. The number of rotatable bonds is 4. The van der Waals surface area contributed by atoms with Gasteiger partial charge in [-0.1, -0.05) is 29.8 Å². The summed E-state index contributed by atoms with van der Waals surface area (Å²) in [6.07, 6.45) is 2.91. The lowest BCUT2D eigenvalue weighted by Gasteiger charge is -2.25. The summed E-state index contributed by atoms with van der Waals surface area (Å²) in [6.45, 7) is 6.71. The van der Waals surface area contributed by atoms with E-state index >= 15 is 0 Å². The fourth-order valence-electron chi connectivity index (χ4n) is 2.97. The zero-order chi connectivity index (χ0) is 17.7. The number of imide groups is 1. The Morgan fingerprint density at radius 1 is 1.29 bits per heavy atom. The Hall–Kier alpha value is -1.59. The number of urea groups is 1. The van der Waals surface area contributed by atoms with E-state index in [0.717, 1.165) is 36.4 Å². The number of nitrogens with zero attached hydrogens (tertiary/aromatic N) is 1. The highest BCUT2D eigenvalue weighted by atomic mass is 35.5. The van der Waals surface area contributed by atoms with Gasteiger partial charge >= 0.3 is 6.03 Å². The van der Waals surface area contributed by atoms with Crippen molar-refractivity contribution in [1.82, 2.24) is 15.5 Å². The van der Waals surface area contributed by atoms with E-state index in [1.165, 1.54) is 0 Å². The van der Waals surface area contributed by atoms with Crippen LogP contribution < -0.4 is 10.6 Å². The van der Waals surface area contributed by atoms with Crippen LogP contribution in [0.3, 0.4) is 0 Å². The van der Waals surface area contributed by atoms with Crippen molar-refractivity contribution >= 4 is 23.5 Å². The van der Waals surface area contributed by atoms with Crippen LogP contribution in [-0.2, 0) is 11.2 Å². The molecule has 0 aromatic heterocycles. The second kappa shape index (κ2) is 7.99. The molecule has 1 aromatic carbocycles. The molecule has 24 heavy (non-hydrogen) atoms. The van der Waals surface area contributed by atoms with Crippen molar-refractivity contribution in [2.24, 2.45) is 0 Å². The average Bonchev–Trinajstić information content (AvgIpc) is 2.86. The highest BCUT2D eigenvalue weighted by Gasteiger charge is 2.27. The number of hydrogen-bond donors (Lipinski definition) is 2. The lowest BCUT2D eigenvalue weighted by Crippen LogP contribution is -2.50. The van der Waals surface area contributed by atoms with Crippen LogP contribution in [0.25, 0.3) is 0 Å². The number of benzene rings is 1. The molecule has 2 N–H and O–H groups in total. The first-order chi connectivity index (χ1) is 11.2. The first-order valence-electron chi connectivity index (χ1n) is 8.34. The molecule has 1 unspecified atom stereocenters. The second-order valence-corrected chi connectivity index (χ2v) is 7.72. The molecule has 0 bridgehead atoms. The molecule has 1 heterocycles. The minimum absolute atomic E-state index is 0.229. The van der Waals surface area contributed by atoms with Crippen LogP contribution in [0.5, 0.6) is 0 Å². The summed E-state index contributed by atoms with van der Waals surface area (Å²) in [6, 6.07) is 7.63. The van der Waals surface area contributed by atoms with Crippen molar-refractivity contribution in [3.63, 3.8) is 0 Å². The number of likely N-dealkylation sites (tertiary alicyclic amines) is 1. The van der Waals surface area contributed by atoms with Gasteiger partial charge in [0.25, 0.3) is 0 Å². The van der Waals surface area contributed by atoms with Crippen LogP contribution in [0.1, 0.15) is 39.2 Å². The van der Waals surface area contributed by atoms with Crippen molar-refractivity contribution in [2.75, 3.05) is 13.1 Å². The largest absolute Gasteiger partial charge is 0.333 e. The summed E-state index contributed by atoms with van der Waals surface area (Å²) in [5, 5.41) is 5.89. The highest BCUT2D eigenvalue weighted by molar-refractivity contribution is 6.31. The third-order valence-corrected chi connectivity index (χ3v) is 4.37. The van der Waals surface area contributed by atoms with Gasteiger partial charge in [-0.3, -0.25) is 15.0 Å². The van der Waals surface area contributed by atoms with Gasteiger partial charge in [-0.2, -0.15) is 0 Å². The number of carbonyl (C=O) groups is 2. The number of carbonyl (C=O) groups excluding carboxylic acids is 2. The predicted molar refractivity (Wildman–Crippen MR) is 96.2 cm³/mol. The third kappa shape index (κ3) is 5.80. The molecule has 1 aliphatic heterocycles. The zero-order valence-corrected chi connectivity index (χ0v) is 15.3. The van der Waals surface area contributed by atoms with Crippen LogP contribution in [0, 0.1) is 0 Å². The van der Waals surface area contributed by atoms with Crippen LogP contribution in [0.4, 0.5) is 4.79 Å². The van der Waals surface area contributed by atoms with Crippen molar-refractivity contribution < 1.29 is 9.59 Å². The van der Waals surface area contributed by atoms with E-state index in [2.05, 4.69) is 15.5 Å². The predicted octanol–water partition coefficient (Wildman–Crippen LogP) is 2.97. The topological polar surface area (TPSA) is 61.4 Å². The molecule has 1 fully saturated rings. The minimum atomic E-state index is -0.450. The normalized spacial score (nSPS) is 18.4. The summed E-state index contributed by atoms with van der Waals surface area (Å²) in [5.41, 5.74) is 0.729. The van der Waals surface area contributed by atoms with Crippen LogP contribution in [0.2, 0.25) is 5.02 Å². The maximum Gasteiger partial charge on any atom is 0.321 e. The first kappa shape index (κ1) is 18.7. The van der Waals surface area contributed by atoms with Gasteiger partial charge in [0.1, 0.15) is 0 Å². The Morgan fingerprint density at radius 3 is 2.67 bits per heavy atom. The van der Waals surface area contributed by atoms with E-state index in [1.807, 2.05) is 45.0 Å². The summed E-state index contributed by atoms with van der Waals surface area (Å²) in [4.78, 5) is 26.0. The number of halogens is 1. The Balaban J connectivity index is 1.88. The second-order valence-electron chi connectivity index (χ2n) is 7.31. The Morgan fingerprint density at radius 2 is 2.00 bits per heavy atom. The van der Waals surface area contributed by atoms with Gasteiger partial charge in [-0.25, -0.2) is 4.79 Å². The lowest BCUT2D eigenvalue weighted by molar-refractivity contribution is -0.121. The quantitative estimate of drug-likeness (QED) is 0.876. The van der Waals surface area contributed by atoms with Crippen molar-refractivity contribution in [2.45, 2.75) is 51.6 Å². The molecule has 2 rings (SSSR count). The van der Waals surface area contributed by atoms with Gasteiger partial charge in [0.05, 0.1) is 6.54 Å². The molecule has 1 aliphatic rings. The number of amides is 3. The molecule has 1 aromatic rings. The first-order valence-corrected chi connectivity index (χ1v) is 8.72. The summed E-state index contributed by atoms with van der Waals surface area (Å²) in [5.74, 6) is -0.275. The maximum absolute atomic E-state index is 12.1. The molecule has 0 saturated carbocycles. The van der Waals surface area contributed by atoms with E-state index in [1.54, 1.807) is 0 Å². The average molecular weight is 352 g/mol. The molecule has 1 saturated heterocycles. The fraction of sp³-hybridized carbons (Fsp3) is 0.556. The third-order valence-electron chi connectivity index (χ3n) is 4.00. The Kier molecular flexibility index (Phi) is 6.24. The van der Waals surface area contributed by atoms with Gasteiger partial charge < -0.3 is 5.32 Å². The van der Waals surface area contributed by atoms with Crippen LogP contribution in [-0.4, -0.2) is 41.5 Å². The van der Waals surface area contributed by atoms with Crippen LogP contribution in [0.15, 0.2) is 24.3 Å². The minimum Gasteiger partial charge on any atom is -0.333 e. The smallest absolute Gasteiger partial charge is 0.321 e. The molecule has 1 atom stereocenters. The molecule has 0 spiro atoms. The molecule has 0 radical (unpaired) electrons. The Labute approximate surface area is 148 Å². The molecule has 132 valence electrons. The zero-order valence-electron chi connectivity index (χ0n) is 14.6. The van der Waals surface area contributed by atoms with Crippen molar-refractivity contribution in [3.8, 4) is 0 Å². The standard InChI is InChI=1S/C18H26ClN3O2/c1-18(2,3)21-17(24)20-16(23)12-22-10-6-8-14(22)11-13-7-4-5-9-15(13)19/h4-5,7,9,14H,6,8,10-12H2,1-3H3,(H2,20,21,23,24). The maximum atomic E-state index is 12.1. The van der Waals surface area contributed by atoms with Gasteiger partial charge in [0.15, 0.2) is 0 Å². The Bertz CT molecular complexity index is 598. The van der Waals surface area contributed by atoms with E-state index in [4.69, 9.17) is 11.6 Å². The van der Waals surface area contributed by atoms with E-state index in [0.29, 0.717) is 0 Å². The van der Waals surface area contributed by atoms with Gasteiger partial charge in [0.2, 0.25) is 5.91 Å².